The van der Waals surface area contributed by atoms with Gasteiger partial charge in [0.15, 0.2) is 17.0 Å². The van der Waals surface area contributed by atoms with Crippen molar-refractivity contribution in [1.29, 1.82) is 0 Å². The highest BCUT2D eigenvalue weighted by molar-refractivity contribution is 5.84. The van der Waals surface area contributed by atoms with E-state index in [2.05, 4.69) is 10.3 Å². The zero-order valence-corrected chi connectivity index (χ0v) is 19.4. The Bertz CT molecular complexity index is 1290. The van der Waals surface area contributed by atoms with E-state index in [1.165, 1.54) is 12.1 Å². The van der Waals surface area contributed by atoms with Crippen molar-refractivity contribution in [2.75, 3.05) is 49.7 Å². The Morgan fingerprint density at radius 2 is 1.72 bits per heavy atom. The minimum atomic E-state index is -4.37. The molecule has 11 heteroatoms. The summed E-state index contributed by atoms with van der Waals surface area (Å²) in [4.78, 5) is 16.0. The summed E-state index contributed by atoms with van der Waals surface area (Å²) in [6.07, 6.45) is -2.74. The third kappa shape index (κ3) is 5.51. The number of ether oxygens (including phenoxy) is 2. The predicted molar refractivity (Wildman–Crippen MR) is 129 cm³/mol. The molecule has 0 spiro atoms. The molecule has 3 heterocycles. The Kier molecular flexibility index (Phi) is 6.90. The van der Waals surface area contributed by atoms with Crippen molar-refractivity contribution in [3.63, 3.8) is 0 Å². The lowest BCUT2D eigenvalue weighted by atomic mass is 10.1. The maximum absolute atomic E-state index is 12.9. The van der Waals surface area contributed by atoms with Crippen molar-refractivity contribution < 1.29 is 22.6 Å². The third-order valence-corrected chi connectivity index (χ3v) is 5.79. The van der Waals surface area contributed by atoms with Crippen molar-refractivity contribution in [3.05, 3.63) is 72.1 Å². The van der Waals surface area contributed by atoms with E-state index in [1.54, 1.807) is 6.33 Å². The molecule has 2 aromatic heterocycles. The third-order valence-electron chi connectivity index (χ3n) is 5.79. The van der Waals surface area contributed by atoms with Crippen molar-refractivity contribution in [1.82, 2.24) is 19.5 Å². The van der Waals surface area contributed by atoms with Gasteiger partial charge in [0.1, 0.15) is 12.4 Å². The number of hydrogen-bond acceptors (Lipinski definition) is 7. The Hall–Kier alpha value is -3.86. The molecule has 2 aromatic carbocycles. The minimum absolute atomic E-state index is 0.324. The van der Waals surface area contributed by atoms with Gasteiger partial charge in [-0.15, -0.1) is 0 Å². The lowest BCUT2D eigenvalue weighted by Gasteiger charge is -2.27. The number of imidazole rings is 1. The highest BCUT2D eigenvalue weighted by Crippen LogP contribution is 2.29. The normalized spacial score (nSPS) is 14.2. The number of anilines is 2. The van der Waals surface area contributed by atoms with E-state index in [0.29, 0.717) is 74.5 Å². The lowest BCUT2D eigenvalue weighted by molar-refractivity contribution is -0.137. The SMILES string of the molecule is FC(F)(F)c1ccc(Cn2cnc3c(NCCOc4ccccc4)nc(N4CCOCC4)nc32)cc1. The molecule has 0 saturated carbocycles. The summed E-state index contributed by atoms with van der Waals surface area (Å²) in [5, 5.41) is 3.30. The molecule has 0 amide bonds. The first-order valence-corrected chi connectivity index (χ1v) is 11.6. The number of rotatable bonds is 8. The van der Waals surface area contributed by atoms with E-state index in [1.807, 2.05) is 39.8 Å². The number of benzene rings is 2. The molecular formula is C25H25F3N6O2. The van der Waals surface area contributed by atoms with Gasteiger partial charge in [-0.25, -0.2) is 4.98 Å². The average molecular weight is 499 g/mol. The maximum Gasteiger partial charge on any atom is 0.416 e. The van der Waals surface area contributed by atoms with Gasteiger partial charge in [-0.05, 0) is 29.8 Å². The van der Waals surface area contributed by atoms with Gasteiger partial charge in [0.25, 0.3) is 0 Å². The second-order valence-electron chi connectivity index (χ2n) is 8.30. The molecule has 8 nitrogen and oxygen atoms in total. The number of hydrogen-bond donors (Lipinski definition) is 1. The van der Waals surface area contributed by atoms with E-state index < -0.39 is 11.7 Å². The number of halogens is 3. The zero-order chi connectivity index (χ0) is 25.0. The number of morpholine rings is 1. The van der Waals surface area contributed by atoms with Gasteiger partial charge in [0.2, 0.25) is 5.95 Å². The van der Waals surface area contributed by atoms with Crippen LogP contribution in [0.2, 0.25) is 0 Å². The van der Waals surface area contributed by atoms with Crippen LogP contribution in [-0.2, 0) is 17.5 Å². The Labute approximate surface area is 205 Å². The van der Waals surface area contributed by atoms with Gasteiger partial charge in [-0.3, -0.25) is 0 Å². The summed E-state index contributed by atoms with van der Waals surface area (Å²) in [6, 6.07) is 14.6. The summed E-state index contributed by atoms with van der Waals surface area (Å²) in [7, 11) is 0. The van der Waals surface area contributed by atoms with Gasteiger partial charge in [-0.2, -0.15) is 23.1 Å². The fraction of sp³-hybridized carbons (Fsp3) is 0.320. The van der Waals surface area contributed by atoms with E-state index in [4.69, 9.17) is 19.4 Å². The number of fused-ring (bicyclic) bond motifs is 1. The first kappa shape index (κ1) is 23.9. The highest BCUT2D eigenvalue weighted by Gasteiger charge is 2.30. The summed E-state index contributed by atoms with van der Waals surface area (Å²) < 4.78 is 51.8. The van der Waals surface area contributed by atoms with Crippen LogP contribution in [0.15, 0.2) is 60.9 Å². The topological polar surface area (TPSA) is 77.3 Å². The molecular weight excluding hydrogens is 473 g/mol. The molecule has 1 N–H and O–H groups in total. The van der Waals surface area contributed by atoms with E-state index in [0.717, 1.165) is 17.9 Å². The average Bonchev–Trinajstić information content (AvgIpc) is 3.30. The number of aromatic nitrogens is 4. The smallest absolute Gasteiger partial charge is 0.416 e. The maximum atomic E-state index is 12.9. The van der Waals surface area contributed by atoms with E-state index in [9.17, 15) is 13.2 Å². The van der Waals surface area contributed by atoms with Gasteiger partial charge in [0, 0.05) is 13.1 Å². The van der Waals surface area contributed by atoms with Gasteiger partial charge < -0.3 is 24.3 Å². The number of nitrogens with zero attached hydrogens (tertiary/aromatic N) is 5. The van der Waals surface area contributed by atoms with Crippen LogP contribution >= 0.6 is 0 Å². The van der Waals surface area contributed by atoms with Crippen LogP contribution in [0.25, 0.3) is 11.2 Å². The molecule has 1 saturated heterocycles. The Morgan fingerprint density at radius 3 is 2.44 bits per heavy atom. The number of alkyl halides is 3. The molecule has 4 aromatic rings. The largest absolute Gasteiger partial charge is 0.492 e. The van der Waals surface area contributed by atoms with Gasteiger partial charge in [-0.1, -0.05) is 30.3 Å². The molecule has 0 unspecified atom stereocenters. The van der Waals surface area contributed by atoms with Crippen molar-refractivity contribution in [2.45, 2.75) is 12.7 Å². The van der Waals surface area contributed by atoms with Crippen molar-refractivity contribution >= 4 is 22.9 Å². The van der Waals surface area contributed by atoms with Crippen molar-refractivity contribution in [2.24, 2.45) is 0 Å². The molecule has 0 atom stereocenters. The van der Waals surface area contributed by atoms with Crippen LogP contribution in [0.3, 0.4) is 0 Å². The Balaban J connectivity index is 1.38. The fourth-order valence-electron chi connectivity index (χ4n) is 3.93. The van der Waals surface area contributed by atoms with E-state index >= 15 is 0 Å². The van der Waals surface area contributed by atoms with Gasteiger partial charge >= 0.3 is 6.18 Å². The summed E-state index contributed by atoms with van der Waals surface area (Å²) in [6.45, 7) is 3.73. The first-order valence-electron chi connectivity index (χ1n) is 11.6. The molecule has 5 rings (SSSR count). The quantitative estimate of drug-likeness (QED) is 0.365. The summed E-state index contributed by atoms with van der Waals surface area (Å²) in [5.74, 6) is 1.90. The molecule has 0 bridgehead atoms. The lowest BCUT2D eigenvalue weighted by Crippen LogP contribution is -2.37. The van der Waals surface area contributed by atoms with Crippen LogP contribution in [0.4, 0.5) is 24.9 Å². The molecule has 0 radical (unpaired) electrons. The highest BCUT2D eigenvalue weighted by atomic mass is 19.4. The van der Waals surface area contributed by atoms with E-state index in [-0.39, 0.29) is 0 Å². The van der Waals surface area contributed by atoms with Crippen molar-refractivity contribution in [3.8, 4) is 5.75 Å². The van der Waals surface area contributed by atoms with Crippen LogP contribution < -0.4 is 15.0 Å². The van der Waals surface area contributed by atoms with Crippen LogP contribution in [-0.4, -0.2) is 59.0 Å². The molecule has 1 fully saturated rings. The molecule has 0 aliphatic carbocycles. The minimum Gasteiger partial charge on any atom is -0.492 e. The summed E-state index contributed by atoms with van der Waals surface area (Å²) >= 11 is 0. The second-order valence-corrected chi connectivity index (χ2v) is 8.30. The predicted octanol–water partition coefficient (Wildman–Crippen LogP) is 4.22. The number of nitrogens with one attached hydrogen (secondary N) is 1. The summed E-state index contributed by atoms with van der Waals surface area (Å²) in [5.41, 5.74) is 1.21. The second kappa shape index (κ2) is 10.4. The monoisotopic (exact) mass is 498 g/mol. The molecule has 188 valence electrons. The fourth-order valence-corrected chi connectivity index (χ4v) is 3.93. The number of para-hydroxylation sites is 1. The van der Waals surface area contributed by atoms with Crippen LogP contribution in [0, 0.1) is 0 Å². The molecule has 36 heavy (non-hydrogen) atoms. The first-order chi connectivity index (χ1) is 17.5. The van der Waals surface area contributed by atoms with Gasteiger partial charge in [0.05, 0.1) is 38.2 Å². The van der Waals surface area contributed by atoms with Crippen LogP contribution in [0.5, 0.6) is 5.75 Å². The molecule has 1 aliphatic heterocycles. The zero-order valence-electron chi connectivity index (χ0n) is 19.4. The standard InChI is InChI=1S/C25H25F3N6O2/c26-25(27,28)19-8-6-18(7-9-19)16-34-17-30-21-22(29-10-13-36-20-4-2-1-3-5-20)31-24(32-23(21)34)33-11-14-35-15-12-33/h1-9,17H,10-16H2,(H,29,31,32). The molecule has 1 aliphatic rings. The Morgan fingerprint density at radius 1 is 0.972 bits per heavy atom. The van der Waals surface area contributed by atoms with Crippen LogP contribution in [0.1, 0.15) is 11.1 Å².